The molecule has 1 N–H and O–H groups in total. The number of hydrogen-bond donors (Lipinski definition) is 1. The van der Waals surface area contributed by atoms with E-state index in [1.165, 1.54) is 4.90 Å². The zero-order chi connectivity index (χ0) is 19.9. The van der Waals surface area contributed by atoms with Crippen molar-refractivity contribution in [1.82, 2.24) is 4.98 Å². The molecule has 2 aromatic carbocycles. The third-order valence-corrected chi connectivity index (χ3v) is 5.00. The second-order valence-electron chi connectivity index (χ2n) is 7.36. The number of fused-ring (bicyclic) bond motifs is 1. The van der Waals surface area contributed by atoms with E-state index in [4.69, 9.17) is 6.57 Å². The van der Waals surface area contributed by atoms with Crippen molar-refractivity contribution in [2.24, 2.45) is 0 Å². The van der Waals surface area contributed by atoms with E-state index in [-0.39, 0.29) is 12.6 Å². The van der Waals surface area contributed by atoms with E-state index < -0.39 is 11.8 Å². The van der Waals surface area contributed by atoms with E-state index in [0.29, 0.717) is 16.9 Å². The lowest BCUT2D eigenvalue weighted by molar-refractivity contribution is 0.0786. The fraction of sp³-hybridized carbons (Fsp3) is 0.227. The van der Waals surface area contributed by atoms with Crippen molar-refractivity contribution in [3.8, 4) is 0 Å². The molecular formula is C22H20N4O2. The van der Waals surface area contributed by atoms with Gasteiger partial charge in [0, 0.05) is 22.7 Å². The molecule has 1 fully saturated rings. The molecule has 0 bridgehead atoms. The van der Waals surface area contributed by atoms with Crippen LogP contribution in [0.25, 0.3) is 15.6 Å². The number of urea groups is 1. The predicted molar refractivity (Wildman–Crippen MR) is 109 cm³/mol. The number of amides is 2. The van der Waals surface area contributed by atoms with Gasteiger partial charge in [-0.3, -0.25) is 14.7 Å². The van der Waals surface area contributed by atoms with Crippen molar-refractivity contribution >= 4 is 28.2 Å². The number of nitrogens with zero attached hydrogens (tertiary/aromatic N) is 4. The second-order valence-corrected chi connectivity index (χ2v) is 7.36. The number of anilines is 2. The highest BCUT2D eigenvalue weighted by molar-refractivity contribution is 6.11. The van der Waals surface area contributed by atoms with E-state index >= 15 is 0 Å². The summed E-state index contributed by atoms with van der Waals surface area (Å²) in [6, 6.07) is 14.7. The summed E-state index contributed by atoms with van der Waals surface area (Å²) in [6.45, 7) is 11.3. The monoisotopic (exact) mass is 372 g/mol. The first-order valence-electron chi connectivity index (χ1n) is 9.03. The Hall–Kier alpha value is -3.43. The van der Waals surface area contributed by atoms with Crippen LogP contribution in [0.4, 0.5) is 16.2 Å². The van der Waals surface area contributed by atoms with Crippen LogP contribution >= 0.6 is 0 Å². The fourth-order valence-corrected chi connectivity index (χ4v) is 3.51. The molecule has 1 aromatic heterocycles. The van der Waals surface area contributed by atoms with Crippen molar-refractivity contribution < 1.29 is 9.90 Å². The van der Waals surface area contributed by atoms with Crippen LogP contribution in [0.2, 0.25) is 0 Å². The first-order valence-corrected chi connectivity index (χ1v) is 9.03. The molecule has 0 aliphatic carbocycles. The summed E-state index contributed by atoms with van der Waals surface area (Å²) in [4.78, 5) is 24.3. The maximum Gasteiger partial charge on any atom is 0.335 e. The molecule has 2 heterocycles. The highest BCUT2D eigenvalue weighted by Crippen LogP contribution is 2.34. The Bertz CT molecular complexity index is 1090. The number of pyridine rings is 1. The van der Waals surface area contributed by atoms with Crippen LogP contribution in [0.5, 0.6) is 0 Å². The van der Waals surface area contributed by atoms with Gasteiger partial charge >= 0.3 is 12.2 Å². The quantitative estimate of drug-likeness (QED) is 0.703. The average Bonchev–Trinajstić information content (AvgIpc) is 3.03. The lowest BCUT2D eigenvalue weighted by Gasteiger charge is -2.22. The minimum atomic E-state index is -1.02. The van der Waals surface area contributed by atoms with Gasteiger partial charge in [-0.05, 0) is 31.5 Å². The Morgan fingerprint density at radius 1 is 1.18 bits per heavy atom. The largest absolute Gasteiger partial charge is 0.386 e. The Morgan fingerprint density at radius 3 is 2.71 bits per heavy atom. The molecule has 1 aliphatic rings. The van der Waals surface area contributed by atoms with Crippen LogP contribution in [0.3, 0.4) is 0 Å². The van der Waals surface area contributed by atoms with Crippen LogP contribution < -0.4 is 9.80 Å². The van der Waals surface area contributed by atoms with Crippen molar-refractivity contribution in [3.63, 3.8) is 0 Å². The summed E-state index contributed by atoms with van der Waals surface area (Å²) in [5, 5.41) is 12.1. The predicted octanol–water partition coefficient (Wildman–Crippen LogP) is 4.15. The molecule has 2 amide bonds. The van der Waals surface area contributed by atoms with Gasteiger partial charge in [-0.1, -0.05) is 36.4 Å². The van der Waals surface area contributed by atoms with Gasteiger partial charge in [0.15, 0.2) is 0 Å². The maximum absolute atomic E-state index is 13.3. The third kappa shape index (κ3) is 2.96. The highest BCUT2D eigenvalue weighted by atomic mass is 16.3. The molecule has 6 nitrogen and oxygen atoms in total. The Labute approximate surface area is 163 Å². The van der Waals surface area contributed by atoms with Crippen molar-refractivity contribution in [2.45, 2.75) is 25.6 Å². The number of benzene rings is 2. The topological polar surface area (TPSA) is 61.0 Å². The summed E-state index contributed by atoms with van der Waals surface area (Å²) >= 11 is 0. The zero-order valence-electron chi connectivity index (χ0n) is 15.7. The van der Waals surface area contributed by atoms with Gasteiger partial charge in [-0.25, -0.2) is 16.3 Å². The van der Waals surface area contributed by atoms with E-state index in [1.54, 1.807) is 37.2 Å². The molecule has 4 rings (SSSR count). The molecule has 0 saturated carbocycles. The van der Waals surface area contributed by atoms with Gasteiger partial charge in [-0.2, -0.15) is 0 Å². The lowest BCUT2D eigenvalue weighted by Crippen LogP contribution is -2.34. The maximum atomic E-state index is 13.3. The summed E-state index contributed by atoms with van der Waals surface area (Å²) < 4.78 is 0. The highest BCUT2D eigenvalue weighted by Gasteiger charge is 2.44. The number of hydrogen-bond acceptors (Lipinski definition) is 3. The Balaban J connectivity index is 1.78. The molecule has 3 aromatic rings. The molecule has 1 atom stereocenters. The molecular weight excluding hydrogens is 352 g/mol. The van der Waals surface area contributed by atoms with Gasteiger partial charge in [0.2, 0.25) is 0 Å². The number of rotatable bonds is 3. The molecule has 1 aliphatic heterocycles. The third-order valence-electron chi connectivity index (χ3n) is 5.00. The first-order chi connectivity index (χ1) is 13.4. The van der Waals surface area contributed by atoms with Gasteiger partial charge in [-0.15, -0.1) is 0 Å². The van der Waals surface area contributed by atoms with Crippen LogP contribution in [-0.4, -0.2) is 28.8 Å². The van der Waals surface area contributed by atoms with Gasteiger partial charge in [0.25, 0.3) is 0 Å². The molecule has 28 heavy (non-hydrogen) atoms. The lowest BCUT2D eigenvalue weighted by atomic mass is 9.98. The van der Waals surface area contributed by atoms with Crippen LogP contribution in [0.1, 0.15) is 19.4 Å². The summed E-state index contributed by atoms with van der Waals surface area (Å²) in [5.74, 6) is 0. The van der Waals surface area contributed by atoms with E-state index in [0.717, 1.165) is 10.8 Å². The summed E-state index contributed by atoms with van der Waals surface area (Å²) in [6.07, 6.45) is 2.73. The number of aromatic nitrogens is 1. The SMILES string of the molecule is [C-]#[N+][C@H]1CN(c2cccc(C(C)(C)O)c2)C(=O)N1c1cncc2ccccc12. The molecule has 1 saturated heterocycles. The normalized spacial score (nSPS) is 17.2. The molecule has 0 spiro atoms. The molecule has 0 unspecified atom stereocenters. The minimum Gasteiger partial charge on any atom is -0.386 e. The standard InChI is InChI=1S/C22H20N4O2/c1-22(2,28)16-8-6-9-17(11-16)25-14-20(23-3)26(21(25)27)19-13-24-12-15-7-4-5-10-18(15)19/h4-13,20,28H,14H2,1-2H3/t20-/m1/s1. The zero-order valence-corrected chi connectivity index (χ0v) is 15.7. The first kappa shape index (κ1) is 18.0. The van der Waals surface area contributed by atoms with Crippen molar-refractivity contribution in [2.75, 3.05) is 16.3 Å². The van der Waals surface area contributed by atoms with E-state index in [1.807, 2.05) is 42.5 Å². The number of aliphatic hydroxyl groups is 1. The van der Waals surface area contributed by atoms with Crippen LogP contribution in [0.15, 0.2) is 60.9 Å². The smallest absolute Gasteiger partial charge is 0.335 e. The van der Waals surface area contributed by atoms with Crippen LogP contribution in [0, 0.1) is 6.57 Å². The van der Waals surface area contributed by atoms with Gasteiger partial charge < -0.3 is 5.11 Å². The van der Waals surface area contributed by atoms with Crippen LogP contribution in [-0.2, 0) is 5.60 Å². The van der Waals surface area contributed by atoms with Gasteiger partial charge in [0.05, 0.1) is 17.5 Å². The Kier molecular flexibility index (Phi) is 4.25. The van der Waals surface area contributed by atoms with Crippen molar-refractivity contribution in [1.29, 1.82) is 0 Å². The summed E-state index contributed by atoms with van der Waals surface area (Å²) in [7, 11) is 0. The van der Waals surface area contributed by atoms with Gasteiger partial charge in [0.1, 0.15) is 6.54 Å². The summed E-state index contributed by atoms with van der Waals surface area (Å²) in [5.41, 5.74) is 0.985. The minimum absolute atomic E-state index is 0.251. The number of carbonyl (C=O) groups is 1. The molecule has 140 valence electrons. The Morgan fingerprint density at radius 2 is 1.96 bits per heavy atom. The average molecular weight is 372 g/mol. The fourth-order valence-electron chi connectivity index (χ4n) is 3.51. The second kappa shape index (κ2) is 6.63. The molecule has 0 radical (unpaired) electrons. The van der Waals surface area contributed by atoms with Crippen molar-refractivity contribution in [3.05, 3.63) is 77.9 Å². The van der Waals surface area contributed by atoms with E-state index in [2.05, 4.69) is 9.83 Å². The molecule has 6 heteroatoms. The van der Waals surface area contributed by atoms with E-state index in [9.17, 15) is 9.90 Å². The number of carbonyl (C=O) groups excluding carboxylic acids is 1.